The van der Waals surface area contributed by atoms with E-state index in [0.29, 0.717) is 15.8 Å². The van der Waals surface area contributed by atoms with Gasteiger partial charge in [-0.2, -0.15) is 0 Å². The molecular weight excluding hydrogens is 389 g/mol. The van der Waals surface area contributed by atoms with Crippen molar-refractivity contribution in [2.24, 2.45) is 5.41 Å². The summed E-state index contributed by atoms with van der Waals surface area (Å²) in [5.41, 5.74) is -0.508. The van der Waals surface area contributed by atoms with E-state index in [4.69, 9.17) is 27.9 Å². The Morgan fingerprint density at radius 2 is 1.85 bits per heavy atom. The molecule has 4 fully saturated rings. The van der Waals surface area contributed by atoms with E-state index >= 15 is 0 Å². The first-order chi connectivity index (χ1) is 12.9. The second-order valence-corrected chi connectivity index (χ2v) is 8.82. The van der Waals surface area contributed by atoms with Crippen LogP contribution in [0.5, 0.6) is 5.75 Å². The number of nitrogens with one attached hydrogen (secondary N) is 3. The number of amides is 2. The minimum absolute atomic E-state index is 0.0893. The zero-order valence-electron chi connectivity index (χ0n) is 14.9. The number of piperidine rings is 1. The third-order valence-corrected chi connectivity index (χ3v) is 6.59. The van der Waals surface area contributed by atoms with Crippen molar-refractivity contribution in [2.45, 2.75) is 43.7 Å². The Balaban J connectivity index is 1.21. The molecule has 6 nitrogen and oxygen atoms in total. The Hall–Kier alpha value is -1.50. The van der Waals surface area contributed by atoms with Crippen LogP contribution in [0.1, 0.15) is 32.1 Å². The molecule has 1 aromatic rings. The maximum atomic E-state index is 12.6. The van der Waals surface area contributed by atoms with Crippen molar-refractivity contribution < 1.29 is 14.3 Å². The molecule has 8 heteroatoms. The molecule has 2 bridgehead atoms. The molecule has 2 amide bonds. The molecule has 3 aliphatic carbocycles. The van der Waals surface area contributed by atoms with Gasteiger partial charge in [0.05, 0.1) is 15.5 Å². The fourth-order valence-corrected chi connectivity index (χ4v) is 4.80. The van der Waals surface area contributed by atoms with E-state index in [-0.39, 0.29) is 35.4 Å². The van der Waals surface area contributed by atoms with Gasteiger partial charge >= 0.3 is 0 Å². The molecule has 0 unspecified atom stereocenters. The molecule has 4 aliphatic rings. The highest BCUT2D eigenvalue weighted by Crippen LogP contribution is 2.67. The van der Waals surface area contributed by atoms with E-state index in [1.807, 2.05) is 0 Å². The first-order valence-corrected chi connectivity index (χ1v) is 10.1. The Kier molecular flexibility index (Phi) is 4.99. The minimum Gasteiger partial charge on any atom is -0.484 e. The summed E-state index contributed by atoms with van der Waals surface area (Å²) in [6.07, 6.45) is 4.12. The van der Waals surface area contributed by atoms with Crippen LogP contribution in [-0.2, 0) is 9.59 Å². The number of rotatable bonds is 6. The lowest BCUT2D eigenvalue weighted by atomic mass is 9.39. The fraction of sp³-hybridized carbons (Fsp3) is 0.579. The third-order valence-electron chi connectivity index (χ3n) is 5.85. The van der Waals surface area contributed by atoms with Crippen LogP contribution in [0.15, 0.2) is 18.2 Å². The summed E-state index contributed by atoms with van der Waals surface area (Å²) in [5.74, 6) is 0.459. The number of halogens is 2. The van der Waals surface area contributed by atoms with Crippen molar-refractivity contribution in [3.05, 3.63) is 28.2 Å². The highest BCUT2D eigenvalue weighted by Gasteiger charge is 2.72. The molecule has 5 rings (SSSR count). The van der Waals surface area contributed by atoms with Crippen molar-refractivity contribution in [1.82, 2.24) is 16.0 Å². The summed E-state index contributed by atoms with van der Waals surface area (Å²) >= 11 is 11.8. The van der Waals surface area contributed by atoms with Gasteiger partial charge in [-0.3, -0.25) is 9.59 Å². The zero-order valence-corrected chi connectivity index (χ0v) is 16.5. The summed E-state index contributed by atoms with van der Waals surface area (Å²) in [5, 5.41) is 10.3. The van der Waals surface area contributed by atoms with Crippen LogP contribution in [0.25, 0.3) is 0 Å². The summed E-state index contributed by atoms with van der Waals surface area (Å²) in [7, 11) is 0. The molecule has 0 aromatic heterocycles. The monoisotopic (exact) mass is 411 g/mol. The minimum atomic E-state index is -0.275. The van der Waals surface area contributed by atoms with Gasteiger partial charge in [-0.05, 0) is 57.3 Å². The van der Waals surface area contributed by atoms with Crippen LogP contribution in [0.2, 0.25) is 10.0 Å². The lowest BCUT2D eigenvalue weighted by molar-refractivity contribution is -0.184. The van der Waals surface area contributed by atoms with Gasteiger partial charge in [0, 0.05) is 17.6 Å². The molecule has 1 saturated heterocycles. The molecule has 1 heterocycles. The van der Waals surface area contributed by atoms with Crippen LogP contribution in [0, 0.1) is 5.41 Å². The van der Waals surface area contributed by atoms with E-state index in [1.165, 1.54) is 0 Å². The SMILES string of the molecule is O=C(COc1ccc(Cl)c(Cl)c1)NC12CC(C(=O)NC3CCNCC3)(C1)C2. The van der Waals surface area contributed by atoms with Gasteiger partial charge in [-0.1, -0.05) is 23.2 Å². The number of carbonyl (C=O) groups excluding carboxylic acids is 2. The van der Waals surface area contributed by atoms with Gasteiger partial charge < -0.3 is 20.7 Å². The molecule has 1 aliphatic heterocycles. The first kappa shape index (κ1) is 18.8. The van der Waals surface area contributed by atoms with E-state index in [2.05, 4.69) is 16.0 Å². The summed E-state index contributed by atoms with van der Waals surface area (Å²) in [6.45, 7) is 1.82. The number of carbonyl (C=O) groups is 2. The van der Waals surface area contributed by atoms with E-state index in [0.717, 1.165) is 45.2 Å². The number of hydrogen-bond donors (Lipinski definition) is 3. The fourth-order valence-electron chi connectivity index (χ4n) is 4.51. The van der Waals surface area contributed by atoms with Crippen LogP contribution >= 0.6 is 23.2 Å². The largest absolute Gasteiger partial charge is 0.484 e. The van der Waals surface area contributed by atoms with Crippen LogP contribution < -0.4 is 20.7 Å². The number of ether oxygens (including phenoxy) is 1. The van der Waals surface area contributed by atoms with Gasteiger partial charge in [0.25, 0.3) is 5.91 Å². The van der Waals surface area contributed by atoms with Crippen LogP contribution in [0.4, 0.5) is 0 Å². The van der Waals surface area contributed by atoms with Gasteiger partial charge in [0.1, 0.15) is 5.75 Å². The normalized spacial score (nSPS) is 29.3. The van der Waals surface area contributed by atoms with Gasteiger partial charge in [0.2, 0.25) is 5.91 Å². The van der Waals surface area contributed by atoms with E-state index < -0.39 is 0 Å². The second-order valence-electron chi connectivity index (χ2n) is 8.00. The van der Waals surface area contributed by atoms with Crippen molar-refractivity contribution in [3.8, 4) is 5.75 Å². The standard InChI is InChI=1S/C19H23Cl2N3O3/c20-14-2-1-13(7-15(14)21)27-8-16(25)24-19-9-18(10-19,11-19)17(26)23-12-3-5-22-6-4-12/h1-2,7,12,22H,3-6,8-11H2,(H,23,26)(H,24,25). The predicted octanol–water partition coefficient (Wildman–Crippen LogP) is 2.28. The van der Waals surface area contributed by atoms with Crippen LogP contribution in [-0.4, -0.2) is 43.1 Å². The summed E-state index contributed by atoms with van der Waals surface area (Å²) in [4.78, 5) is 24.7. The number of benzene rings is 1. The average molecular weight is 412 g/mol. The van der Waals surface area contributed by atoms with Crippen molar-refractivity contribution >= 4 is 35.0 Å². The lowest BCUT2D eigenvalue weighted by Crippen LogP contribution is -2.78. The molecule has 0 atom stereocenters. The molecule has 0 radical (unpaired) electrons. The Morgan fingerprint density at radius 1 is 1.15 bits per heavy atom. The van der Waals surface area contributed by atoms with Crippen molar-refractivity contribution in [1.29, 1.82) is 0 Å². The highest BCUT2D eigenvalue weighted by atomic mass is 35.5. The molecular formula is C19H23Cl2N3O3. The van der Waals surface area contributed by atoms with Crippen molar-refractivity contribution in [3.63, 3.8) is 0 Å². The smallest absolute Gasteiger partial charge is 0.258 e. The molecule has 146 valence electrons. The Labute approximate surface area is 168 Å². The first-order valence-electron chi connectivity index (χ1n) is 9.30. The van der Waals surface area contributed by atoms with E-state index in [1.54, 1.807) is 18.2 Å². The Bertz CT molecular complexity index is 745. The average Bonchev–Trinajstić information content (AvgIpc) is 2.58. The quantitative estimate of drug-likeness (QED) is 0.670. The summed E-state index contributed by atoms with van der Waals surface area (Å²) < 4.78 is 5.47. The van der Waals surface area contributed by atoms with E-state index in [9.17, 15) is 9.59 Å². The maximum Gasteiger partial charge on any atom is 0.258 e. The highest BCUT2D eigenvalue weighted by molar-refractivity contribution is 6.42. The van der Waals surface area contributed by atoms with Crippen LogP contribution in [0.3, 0.4) is 0 Å². The van der Waals surface area contributed by atoms with Gasteiger partial charge in [-0.25, -0.2) is 0 Å². The molecule has 3 saturated carbocycles. The predicted molar refractivity (Wildman–Crippen MR) is 103 cm³/mol. The summed E-state index contributed by atoms with van der Waals surface area (Å²) in [6, 6.07) is 5.15. The molecule has 27 heavy (non-hydrogen) atoms. The Morgan fingerprint density at radius 3 is 2.52 bits per heavy atom. The van der Waals surface area contributed by atoms with Gasteiger partial charge in [0.15, 0.2) is 6.61 Å². The van der Waals surface area contributed by atoms with Crippen molar-refractivity contribution in [2.75, 3.05) is 19.7 Å². The lowest BCUT2D eigenvalue weighted by Gasteiger charge is -2.69. The number of hydrogen-bond acceptors (Lipinski definition) is 4. The second kappa shape index (κ2) is 7.15. The maximum absolute atomic E-state index is 12.6. The molecule has 3 N–H and O–H groups in total. The molecule has 1 aromatic carbocycles. The zero-order chi connectivity index (χ0) is 19.1. The molecule has 0 spiro atoms. The third kappa shape index (κ3) is 3.75. The van der Waals surface area contributed by atoms with Gasteiger partial charge in [-0.15, -0.1) is 0 Å². The topological polar surface area (TPSA) is 79.5 Å².